The van der Waals surface area contributed by atoms with E-state index in [1.807, 2.05) is 34.9 Å². The highest BCUT2D eigenvalue weighted by Crippen LogP contribution is 2.29. The standard InChI is InChI=1S/C21H31N3O3/c1-3-6-20(25)23-11-9-17(10-12-23)21(26)24-15-13-22(14-16-24)18-7-4-5-8-19(18)27-2/h4-5,7-8,17H,3,6,9-16H2,1-2H3. The van der Waals surface area contributed by atoms with E-state index in [0.29, 0.717) is 6.42 Å². The van der Waals surface area contributed by atoms with E-state index < -0.39 is 0 Å². The summed E-state index contributed by atoms with van der Waals surface area (Å²) < 4.78 is 5.46. The monoisotopic (exact) mass is 373 g/mol. The Hall–Kier alpha value is -2.24. The first-order valence-electron chi connectivity index (χ1n) is 10.1. The van der Waals surface area contributed by atoms with Gasteiger partial charge in [0.05, 0.1) is 12.8 Å². The number of piperazine rings is 1. The van der Waals surface area contributed by atoms with Gasteiger partial charge in [0.1, 0.15) is 5.75 Å². The van der Waals surface area contributed by atoms with E-state index in [1.54, 1.807) is 7.11 Å². The maximum atomic E-state index is 12.9. The van der Waals surface area contributed by atoms with Gasteiger partial charge in [0, 0.05) is 51.6 Å². The van der Waals surface area contributed by atoms with Crippen molar-refractivity contribution in [2.24, 2.45) is 5.92 Å². The summed E-state index contributed by atoms with van der Waals surface area (Å²) in [5, 5.41) is 0. The van der Waals surface area contributed by atoms with Crippen LogP contribution < -0.4 is 9.64 Å². The SMILES string of the molecule is CCCC(=O)N1CCC(C(=O)N2CCN(c3ccccc3OC)CC2)CC1. The minimum atomic E-state index is 0.0634. The highest BCUT2D eigenvalue weighted by atomic mass is 16.5. The molecule has 2 fully saturated rings. The van der Waals surface area contributed by atoms with Crippen LogP contribution in [0.15, 0.2) is 24.3 Å². The van der Waals surface area contributed by atoms with Crippen LogP contribution in [-0.4, -0.2) is 68.0 Å². The number of benzene rings is 1. The molecule has 0 bridgehead atoms. The summed E-state index contributed by atoms with van der Waals surface area (Å²) in [6.45, 7) is 6.59. The van der Waals surface area contributed by atoms with Crippen LogP contribution in [0.2, 0.25) is 0 Å². The number of nitrogens with zero attached hydrogens (tertiary/aromatic N) is 3. The van der Waals surface area contributed by atoms with Crippen molar-refractivity contribution in [1.82, 2.24) is 9.80 Å². The summed E-state index contributed by atoms with van der Waals surface area (Å²) in [6.07, 6.45) is 3.08. The van der Waals surface area contributed by atoms with Gasteiger partial charge in [-0.15, -0.1) is 0 Å². The zero-order valence-corrected chi connectivity index (χ0v) is 16.5. The first kappa shape index (κ1) is 19.5. The van der Waals surface area contributed by atoms with Crippen LogP contribution in [0.25, 0.3) is 0 Å². The minimum absolute atomic E-state index is 0.0634. The molecule has 6 heteroatoms. The lowest BCUT2D eigenvalue weighted by molar-refractivity contribution is -0.141. The van der Waals surface area contributed by atoms with Gasteiger partial charge >= 0.3 is 0 Å². The molecule has 0 atom stereocenters. The third-order valence-electron chi connectivity index (χ3n) is 5.68. The Morgan fingerprint density at radius 1 is 1.00 bits per heavy atom. The molecule has 2 aliphatic rings. The van der Waals surface area contributed by atoms with E-state index in [4.69, 9.17) is 4.74 Å². The largest absolute Gasteiger partial charge is 0.495 e. The maximum absolute atomic E-state index is 12.9. The van der Waals surface area contributed by atoms with Crippen LogP contribution in [0, 0.1) is 5.92 Å². The molecule has 148 valence electrons. The number of para-hydroxylation sites is 2. The quantitative estimate of drug-likeness (QED) is 0.795. The Labute approximate surface area is 162 Å². The molecule has 0 saturated carbocycles. The van der Waals surface area contributed by atoms with Crippen molar-refractivity contribution in [3.05, 3.63) is 24.3 Å². The van der Waals surface area contributed by atoms with Gasteiger partial charge in [0.15, 0.2) is 0 Å². The van der Waals surface area contributed by atoms with Gasteiger partial charge in [0.2, 0.25) is 11.8 Å². The fourth-order valence-electron chi connectivity index (χ4n) is 4.06. The number of anilines is 1. The van der Waals surface area contributed by atoms with Gasteiger partial charge in [0.25, 0.3) is 0 Å². The van der Waals surface area contributed by atoms with Crippen LogP contribution >= 0.6 is 0 Å². The highest BCUT2D eigenvalue weighted by molar-refractivity contribution is 5.80. The van der Waals surface area contributed by atoms with Gasteiger partial charge in [-0.05, 0) is 31.4 Å². The molecule has 0 spiro atoms. The molecular formula is C21H31N3O3. The number of hydrogen-bond donors (Lipinski definition) is 0. The lowest BCUT2D eigenvalue weighted by Crippen LogP contribution is -2.52. The van der Waals surface area contributed by atoms with Crippen LogP contribution in [0.5, 0.6) is 5.75 Å². The van der Waals surface area contributed by atoms with E-state index in [0.717, 1.165) is 70.0 Å². The van der Waals surface area contributed by atoms with Crippen LogP contribution in [0.4, 0.5) is 5.69 Å². The van der Waals surface area contributed by atoms with E-state index in [2.05, 4.69) is 11.0 Å². The Bertz CT molecular complexity index is 648. The molecule has 2 aliphatic heterocycles. The molecule has 27 heavy (non-hydrogen) atoms. The zero-order chi connectivity index (χ0) is 19.2. The van der Waals surface area contributed by atoms with Gasteiger partial charge in [-0.2, -0.15) is 0 Å². The molecule has 0 radical (unpaired) electrons. The third-order valence-corrected chi connectivity index (χ3v) is 5.68. The number of likely N-dealkylation sites (tertiary alicyclic amines) is 1. The van der Waals surface area contributed by atoms with Gasteiger partial charge < -0.3 is 19.4 Å². The van der Waals surface area contributed by atoms with E-state index in [9.17, 15) is 9.59 Å². The molecule has 2 amide bonds. The van der Waals surface area contributed by atoms with Crippen molar-refractivity contribution in [3.63, 3.8) is 0 Å². The maximum Gasteiger partial charge on any atom is 0.225 e. The summed E-state index contributed by atoms with van der Waals surface area (Å²) in [5.74, 6) is 1.43. The summed E-state index contributed by atoms with van der Waals surface area (Å²) in [7, 11) is 1.69. The molecule has 2 saturated heterocycles. The number of piperidine rings is 1. The number of hydrogen-bond acceptors (Lipinski definition) is 4. The molecule has 1 aromatic carbocycles. The lowest BCUT2D eigenvalue weighted by atomic mass is 9.94. The van der Waals surface area contributed by atoms with E-state index in [-0.39, 0.29) is 17.7 Å². The molecule has 0 aliphatic carbocycles. The number of rotatable bonds is 5. The van der Waals surface area contributed by atoms with Crippen LogP contribution in [-0.2, 0) is 9.59 Å². The highest BCUT2D eigenvalue weighted by Gasteiger charge is 2.31. The predicted molar refractivity (Wildman–Crippen MR) is 106 cm³/mol. The summed E-state index contributed by atoms with van der Waals surface area (Å²) in [6, 6.07) is 8.03. The fourth-order valence-corrected chi connectivity index (χ4v) is 4.06. The number of carbonyl (C=O) groups is 2. The normalized spacial score (nSPS) is 18.5. The van der Waals surface area contributed by atoms with Gasteiger partial charge in [-0.3, -0.25) is 9.59 Å². The van der Waals surface area contributed by atoms with Crippen molar-refractivity contribution < 1.29 is 14.3 Å². The van der Waals surface area contributed by atoms with Crippen LogP contribution in [0.3, 0.4) is 0 Å². The molecule has 0 aromatic heterocycles. The topological polar surface area (TPSA) is 53.1 Å². The van der Waals surface area contributed by atoms with Crippen LogP contribution in [0.1, 0.15) is 32.6 Å². The molecule has 3 rings (SSSR count). The third kappa shape index (κ3) is 4.54. The summed E-state index contributed by atoms with van der Waals surface area (Å²) in [5.41, 5.74) is 1.09. The second-order valence-electron chi connectivity index (χ2n) is 7.39. The zero-order valence-electron chi connectivity index (χ0n) is 16.5. The first-order valence-corrected chi connectivity index (χ1v) is 10.1. The smallest absolute Gasteiger partial charge is 0.225 e. The van der Waals surface area contributed by atoms with Crippen molar-refractivity contribution in [3.8, 4) is 5.75 Å². The van der Waals surface area contributed by atoms with E-state index >= 15 is 0 Å². The average molecular weight is 373 g/mol. The summed E-state index contributed by atoms with van der Waals surface area (Å²) in [4.78, 5) is 31.1. The Morgan fingerprint density at radius 2 is 1.67 bits per heavy atom. The second-order valence-corrected chi connectivity index (χ2v) is 7.39. The molecule has 6 nitrogen and oxygen atoms in total. The molecule has 0 N–H and O–H groups in total. The first-order chi connectivity index (χ1) is 13.1. The fraction of sp³-hybridized carbons (Fsp3) is 0.619. The Kier molecular flexibility index (Phi) is 6.58. The van der Waals surface area contributed by atoms with Gasteiger partial charge in [-0.1, -0.05) is 19.1 Å². The van der Waals surface area contributed by atoms with Crippen molar-refractivity contribution >= 4 is 17.5 Å². The summed E-state index contributed by atoms with van der Waals surface area (Å²) >= 11 is 0. The Morgan fingerprint density at radius 3 is 2.30 bits per heavy atom. The molecule has 0 unspecified atom stereocenters. The second kappa shape index (κ2) is 9.11. The lowest BCUT2D eigenvalue weighted by Gasteiger charge is -2.39. The number of ether oxygens (including phenoxy) is 1. The number of methoxy groups -OCH3 is 1. The van der Waals surface area contributed by atoms with E-state index in [1.165, 1.54) is 0 Å². The van der Waals surface area contributed by atoms with Crippen molar-refractivity contribution in [2.45, 2.75) is 32.6 Å². The molecule has 1 aromatic rings. The number of amides is 2. The van der Waals surface area contributed by atoms with Gasteiger partial charge in [-0.25, -0.2) is 0 Å². The Balaban J connectivity index is 1.50. The van der Waals surface area contributed by atoms with Crippen molar-refractivity contribution in [1.29, 1.82) is 0 Å². The molecule has 2 heterocycles. The minimum Gasteiger partial charge on any atom is -0.495 e. The number of carbonyl (C=O) groups excluding carboxylic acids is 2. The average Bonchev–Trinajstić information content (AvgIpc) is 2.73. The van der Waals surface area contributed by atoms with Crippen molar-refractivity contribution in [2.75, 3.05) is 51.3 Å². The molecular weight excluding hydrogens is 342 g/mol. The predicted octanol–water partition coefficient (Wildman–Crippen LogP) is 2.38.